The Hall–Kier alpha value is -3.07. The molecule has 1 aliphatic heterocycles. The molecule has 0 N–H and O–H groups in total. The van der Waals surface area contributed by atoms with E-state index in [0.717, 1.165) is 0 Å². The van der Waals surface area contributed by atoms with Gasteiger partial charge in [0.2, 0.25) is 5.91 Å². The molecule has 1 aromatic heterocycles. The van der Waals surface area contributed by atoms with Crippen molar-refractivity contribution in [2.45, 2.75) is 18.2 Å². The zero-order chi connectivity index (χ0) is 21.3. The quantitative estimate of drug-likeness (QED) is 0.635. The van der Waals surface area contributed by atoms with E-state index in [1.165, 1.54) is 34.0 Å². The number of benzene rings is 2. The number of para-hydroxylation sites is 1. The summed E-state index contributed by atoms with van der Waals surface area (Å²) in [6.45, 7) is -0.0736. The summed E-state index contributed by atoms with van der Waals surface area (Å²) in [4.78, 5) is 31.0. The van der Waals surface area contributed by atoms with Crippen molar-refractivity contribution in [2.75, 3.05) is 18.8 Å². The summed E-state index contributed by atoms with van der Waals surface area (Å²) in [6.07, 6.45) is 1.42. The van der Waals surface area contributed by atoms with Gasteiger partial charge in [-0.25, -0.2) is 17.8 Å². The van der Waals surface area contributed by atoms with Crippen LogP contribution in [0, 0.1) is 5.82 Å². The van der Waals surface area contributed by atoms with Crippen molar-refractivity contribution in [2.24, 2.45) is 0 Å². The molecule has 1 unspecified atom stereocenters. The molecule has 3 aromatic rings. The number of carbonyl (C=O) groups excluding carboxylic acids is 1. The monoisotopic (exact) mass is 429 g/mol. The summed E-state index contributed by atoms with van der Waals surface area (Å²) in [6, 6.07) is 12.7. The number of sulfone groups is 1. The Bertz CT molecular complexity index is 1270. The maximum atomic E-state index is 14.2. The van der Waals surface area contributed by atoms with Crippen molar-refractivity contribution < 1.29 is 17.6 Å². The molecule has 4 rings (SSSR count). The molecule has 30 heavy (non-hydrogen) atoms. The summed E-state index contributed by atoms with van der Waals surface area (Å²) in [7, 11) is -3.63. The normalized spacial score (nSPS) is 18.8. The van der Waals surface area contributed by atoms with Crippen LogP contribution >= 0.6 is 0 Å². The van der Waals surface area contributed by atoms with Gasteiger partial charge in [0.1, 0.15) is 12.4 Å². The third-order valence-corrected chi connectivity index (χ3v) is 7.49. The Morgan fingerprint density at radius 2 is 1.83 bits per heavy atom. The van der Waals surface area contributed by atoms with E-state index in [-0.39, 0.29) is 48.8 Å². The van der Waals surface area contributed by atoms with Crippen LogP contribution in [-0.2, 0) is 21.2 Å². The Labute approximate surface area is 172 Å². The Balaban J connectivity index is 1.55. The number of hydrogen-bond donors (Lipinski definition) is 0. The number of rotatable bonds is 3. The first-order chi connectivity index (χ1) is 14.4. The largest absolute Gasteiger partial charge is 0.340 e. The molecule has 0 radical (unpaired) electrons. The van der Waals surface area contributed by atoms with Gasteiger partial charge in [-0.1, -0.05) is 30.3 Å². The van der Waals surface area contributed by atoms with E-state index in [4.69, 9.17) is 0 Å². The van der Waals surface area contributed by atoms with Gasteiger partial charge in [-0.2, -0.15) is 0 Å². The van der Waals surface area contributed by atoms with Crippen LogP contribution in [0.4, 0.5) is 4.39 Å². The molecule has 9 heteroatoms. The molecule has 1 atom stereocenters. The topological polar surface area (TPSA) is 89.3 Å². The number of nitrogens with zero attached hydrogens (tertiary/aromatic N) is 3. The molecule has 0 saturated carbocycles. The molecule has 2 heterocycles. The predicted molar refractivity (Wildman–Crippen MR) is 110 cm³/mol. The van der Waals surface area contributed by atoms with Crippen molar-refractivity contribution in [3.8, 4) is 0 Å². The van der Waals surface area contributed by atoms with Crippen LogP contribution < -0.4 is 5.56 Å². The lowest BCUT2D eigenvalue weighted by Crippen LogP contribution is -2.38. The van der Waals surface area contributed by atoms with Crippen molar-refractivity contribution in [1.29, 1.82) is 0 Å². The van der Waals surface area contributed by atoms with Crippen molar-refractivity contribution in [3.63, 3.8) is 0 Å². The fraction of sp³-hybridized carbons (Fsp3) is 0.286. The van der Waals surface area contributed by atoms with Gasteiger partial charge in [-0.3, -0.25) is 14.2 Å². The zero-order valence-corrected chi connectivity index (χ0v) is 16.9. The number of hydrogen-bond acceptors (Lipinski definition) is 5. The minimum Gasteiger partial charge on any atom is -0.340 e. The SMILES string of the molecule is O=C(Cn1cnc2ccccc2c1=O)N1CCC(c2ccccc2F)S(=O)(=O)CC1. The highest BCUT2D eigenvalue weighted by Crippen LogP contribution is 2.31. The summed E-state index contributed by atoms with van der Waals surface area (Å²) >= 11 is 0. The average molecular weight is 429 g/mol. The van der Waals surface area contributed by atoms with Crippen LogP contribution in [0.3, 0.4) is 0 Å². The van der Waals surface area contributed by atoms with Crippen molar-refractivity contribution in [3.05, 3.63) is 76.6 Å². The fourth-order valence-corrected chi connectivity index (χ4v) is 5.55. The van der Waals surface area contributed by atoms with Crippen molar-refractivity contribution in [1.82, 2.24) is 14.5 Å². The van der Waals surface area contributed by atoms with Gasteiger partial charge >= 0.3 is 0 Å². The lowest BCUT2D eigenvalue weighted by molar-refractivity contribution is -0.131. The second-order valence-electron chi connectivity index (χ2n) is 7.24. The number of aromatic nitrogens is 2. The predicted octanol–water partition coefficient (Wildman–Crippen LogP) is 1.92. The van der Waals surface area contributed by atoms with E-state index in [2.05, 4.69) is 4.98 Å². The second kappa shape index (κ2) is 7.98. The molecule has 0 spiro atoms. The lowest BCUT2D eigenvalue weighted by Gasteiger charge is -2.20. The molecule has 0 aliphatic carbocycles. The minimum absolute atomic E-state index is 0.00186. The van der Waals surface area contributed by atoms with Gasteiger partial charge in [0, 0.05) is 18.7 Å². The standard InChI is InChI=1S/C21H20FN3O4S/c22-17-7-3-1-5-15(17)19-9-10-24(11-12-30(19,28)29)20(26)13-25-14-23-18-8-4-2-6-16(18)21(25)27/h1-8,14,19H,9-13H2. The third-order valence-electron chi connectivity index (χ3n) is 5.38. The van der Waals surface area contributed by atoms with E-state index in [0.29, 0.717) is 10.9 Å². The number of fused-ring (bicyclic) bond motifs is 1. The maximum Gasteiger partial charge on any atom is 0.261 e. The van der Waals surface area contributed by atoms with Gasteiger partial charge in [0.15, 0.2) is 9.84 Å². The van der Waals surface area contributed by atoms with Gasteiger partial charge in [-0.15, -0.1) is 0 Å². The molecule has 1 amide bonds. The van der Waals surface area contributed by atoms with E-state index < -0.39 is 20.9 Å². The molecule has 156 valence electrons. The van der Waals surface area contributed by atoms with Gasteiger partial charge in [0.25, 0.3) is 5.56 Å². The van der Waals surface area contributed by atoms with Crippen LogP contribution in [0.5, 0.6) is 0 Å². The Morgan fingerprint density at radius 3 is 2.63 bits per heavy atom. The first kappa shape index (κ1) is 20.2. The number of carbonyl (C=O) groups is 1. The zero-order valence-electron chi connectivity index (χ0n) is 16.1. The van der Waals surface area contributed by atoms with Crippen LogP contribution in [0.1, 0.15) is 17.2 Å². The summed E-state index contributed by atoms with van der Waals surface area (Å²) in [5, 5.41) is -0.590. The van der Waals surface area contributed by atoms with Crippen LogP contribution in [0.2, 0.25) is 0 Å². The highest BCUT2D eigenvalue weighted by atomic mass is 32.2. The summed E-state index contributed by atoms with van der Waals surface area (Å²) in [5.41, 5.74) is 0.335. The minimum atomic E-state index is -3.63. The average Bonchev–Trinajstić information content (AvgIpc) is 2.89. The highest BCUT2D eigenvalue weighted by molar-refractivity contribution is 7.91. The van der Waals surface area contributed by atoms with Gasteiger partial charge in [-0.05, 0) is 24.6 Å². The molecule has 1 fully saturated rings. The molecular weight excluding hydrogens is 409 g/mol. The highest BCUT2D eigenvalue weighted by Gasteiger charge is 2.34. The smallest absolute Gasteiger partial charge is 0.261 e. The third kappa shape index (κ3) is 3.85. The van der Waals surface area contributed by atoms with Gasteiger partial charge in [0.05, 0.1) is 28.2 Å². The molecule has 7 nitrogen and oxygen atoms in total. The molecule has 1 aliphatic rings. The van der Waals surface area contributed by atoms with Crippen LogP contribution in [0.25, 0.3) is 10.9 Å². The number of amides is 1. The van der Waals surface area contributed by atoms with E-state index >= 15 is 0 Å². The second-order valence-corrected chi connectivity index (χ2v) is 9.54. The fourth-order valence-electron chi connectivity index (χ4n) is 3.74. The number of halogens is 1. The molecule has 2 aromatic carbocycles. The van der Waals surface area contributed by atoms with E-state index in [9.17, 15) is 22.4 Å². The molecule has 0 bridgehead atoms. The summed E-state index contributed by atoms with van der Waals surface area (Å²) < 4.78 is 40.8. The molecule has 1 saturated heterocycles. The van der Waals surface area contributed by atoms with E-state index in [1.807, 2.05) is 0 Å². The van der Waals surface area contributed by atoms with Crippen LogP contribution in [0.15, 0.2) is 59.7 Å². The first-order valence-electron chi connectivity index (χ1n) is 9.55. The maximum absolute atomic E-state index is 14.2. The first-order valence-corrected chi connectivity index (χ1v) is 11.3. The lowest BCUT2D eigenvalue weighted by atomic mass is 10.1. The molecular formula is C21H20FN3O4S. The van der Waals surface area contributed by atoms with Crippen molar-refractivity contribution >= 4 is 26.6 Å². The van der Waals surface area contributed by atoms with Crippen LogP contribution in [-0.4, -0.2) is 47.6 Å². The van der Waals surface area contributed by atoms with Gasteiger partial charge < -0.3 is 4.90 Å². The van der Waals surface area contributed by atoms with E-state index in [1.54, 1.807) is 30.3 Å². The Kier molecular flexibility index (Phi) is 5.38. The summed E-state index contributed by atoms with van der Waals surface area (Å²) in [5.74, 6) is -1.21. The Morgan fingerprint density at radius 1 is 1.10 bits per heavy atom.